The van der Waals surface area contributed by atoms with Gasteiger partial charge in [0.1, 0.15) is 0 Å². The van der Waals surface area contributed by atoms with Gasteiger partial charge in [-0.3, -0.25) is 0 Å². The van der Waals surface area contributed by atoms with Crippen LogP contribution in [0.15, 0.2) is 0 Å². The molecule has 0 aromatic carbocycles. The number of likely N-dealkylation sites (tertiary alicyclic amines) is 1. The van der Waals surface area contributed by atoms with Gasteiger partial charge < -0.3 is 10.0 Å². The summed E-state index contributed by atoms with van der Waals surface area (Å²) in [4.78, 5) is 2.51. The summed E-state index contributed by atoms with van der Waals surface area (Å²) in [5, 5.41) is 9.51. The molecule has 0 radical (unpaired) electrons. The molecule has 2 nitrogen and oxygen atoms in total. The summed E-state index contributed by atoms with van der Waals surface area (Å²) >= 11 is 4.38. The molecule has 3 heteroatoms. The predicted octanol–water partition coefficient (Wildman–Crippen LogP) is 2.04. The zero-order valence-corrected chi connectivity index (χ0v) is 11.1. The Balaban J connectivity index is 2.32. The first-order chi connectivity index (χ1) is 6.94. The third-order valence-corrected chi connectivity index (χ3v) is 4.25. The van der Waals surface area contributed by atoms with Crippen LogP contribution in [0.1, 0.15) is 33.6 Å². The van der Waals surface area contributed by atoms with Gasteiger partial charge in [-0.05, 0) is 49.9 Å². The largest absolute Gasteiger partial charge is 0.393 e. The molecule has 1 aliphatic rings. The lowest BCUT2D eigenvalue weighted by Gasteiger charge is -2.37. The van der Waals surface area contributed by atoms with E-state index in [0.29, 0.717) is 11.3 Å². The fourth-order valence-electron chi connectivity index (χ4n) is 2.25. The Morgan fingerprint density at radius 2 is 1.93 bits per heavy atom. The minimum atomic E-state index is -0.134. The molecular formula is C12H25NOS. The van der Waals surface area contributed by atoms with Crippen molar-refractivity contribution in [1.82, 2.24) is 4.90 Å². The zero-order chi connectivity index (χ0) is 11.5. The van der Waals surface area contributed by atoms with Crippen molar-refractivity contribution < 1.29 is 5.11 Å². The fourth-order valence-corrected chi connectivity index (χ4v) is 2.35. The van der Waals surface area contributed by atoms with E-state index in [9.17, 15) is 5.11 Å². The Kier molecular flexibility index (Phi) is 4.94. The van der Waals surface area contributed by atoms with Crippen LogP contribution in [0.5, 0.6) is 0 Å². The molecule has 1 aliphatic heterocycles. The van der Waals surface area contributed by atoms with Crippen LogP contribution in [0.25, 0.3) is 0 Å². The Hall–Kier alpha value is 0.270. The second-order valence-corrected chi connectivity index (χ2v) is 5.99. The van der Waals surface area contributed by atoms with Crippen LogP contribution >= 0.6 is 12.6 Å². The van der Waals surface area contributed by atoms with Crippen molar-refractivity contribution in [3.05, 3.63) is 0 Å². The van der Waals surface area contributed by atoms with E-state index >= 15 is 0 Å². The van der Waals surface area contributed by atoms with E-state index in [1.807, 2.05) is 6.92 Å². The highest BCUT2D eigenvalue weighted by atomic mass is 32.1. The van der Waals surface area contributed by atoms with E-state index in [2.05, 4.69) is 31.4 Å². The molecule has 1 saturated heterocycles. The summed E-state index contributed by atoms with van der Waals surface area (Å²) < 4.78 is 0. The van der Waals surface area contributed by atoms with E-state index in [-0.39, 0.29) is 6.10 Å². The quantitative estimate of drug-likeness (QED) is 0.723. The van der Waals surface area contributed by atoms with Crippen molar-refractivity contribution in [2.45, 2.75) is 39.7 Å². The molecule has 1 unspecified atom stereocenters. The van der Waals surface area contributed by atoms with Gasteiger partial charge >= 0.3 is 0 Å². The first-order valence-corrected chi connectivity index (χ1v) is 6.59. The first-order valence-electron chi connectivity index (χ1n) is 5.96. The SMILES string of the molecule is CC(O)C1CCN(CC(C)(C)CS)CC1. The summed E-state index contributed by atoms with van der Waals surface area (Å²) in [7, 11) is 0. The number of hydrogen-bond acceptors (Lipinski definition) is 3. The van der Waals surface area contributed by atoms with Crippen LogP contribution in [0.3, 0.4) is 0 Å². The molecule has 15 heavy (non-hydrogen) atoms. The van der Waals surface area contributed by atoms with E-state index < -0.39 is 0 Å². The van der Waals surface area contributed by atoms with Crippen molar-refractivity contribution >= 4 is 12.6 Å². The van der Waals surface area contributed by atoms with Crippen LogP contribution in [0, 0.1) is 11.3 Å². The van der Waals surface area contributed by atoms with Gasteiger partial charge in [0.25, 0.3) is 0 Å². The number of aliphatic hydroxyl groups is 1. The maximum atomic E-state index is 9.51. The average molecular weight is 231 g/mol. The van der Waals surface area contributed by atoms with Crippen molar-refractivity contribution in [3.63, 3.8) is 0 Å². The molecule has 1 atom stereocenters. The Morgan fingerprint density at radius 1 is 1.40 bits per heavy atom. The topological polar surface area (TPSA) is 23.5 Å². The summed E-state index contributed by atoms with van der Waals surface area (Å²) in [6.07, 6.45) is 2.14. The van der Waals surface area contributed by atoms with Gasteiger partial charge in [0.2, 0.25) is 0 Å². The van der Waals surface area contributed by atoms with Crippen molar-refractivity contribution in [1.29, 1.82) is 0 Å². The average Bonchev–Trinajstić information content (AvgIpc) is 2.18. The van der Waals surface area contributed by atoms with E-state index in [1.165, 1.54) is 0 Å². The number of thiol groups is 1. The molecule has 0 saturated carbocycles. The summed E-state index contributed by atoms with van der Waals surface area (Å²) in [6, 6.07) is 0. The lowest BCUT2D eigenvalue weighted by Crippen LogP contribution is -2.42. The number of aliphatic hydroxyl groups excluding tert-OH is 1. The third-order valence-electron chi connectivity index (χ3n) is 3.39. The molecule has 90 valence electrons. The van der Waals surface area contributed by atoms with Gasteiger partial charge in [-0.25, -0.2) is 0 Å². The lowest BCUT2D eigenvalue weighted by atomic mass is 9.89. The van der Waals surface area contributed by atoms with Gasteiger partial charge in [-0.15, -0.1) is 0 Å². The van der Waals surface area contributed by atoms with Crippen LogP contribution < -0.4 is 0 Å². The normalized spacial score (nSPS) is 23.0. The number of nitrogens with zero attached hydrogens (tertiary/aromatic N) is 1. The second-order valence-electron chi connectivity index (χ2n) is 5.68. The van der Waals surface area contributed by atoms with Gasteiger partial charge in [0.05, 0.1) is 6.10 Å². The van der Waals surface area contributed by atoms with E-state index in [0.717, 1.165) is 38.2 Å². The fraction of sp³-hybridized carbons (Fsp3) is 1.00. The minimum absolute atomic E-state index is 0.134. The van der Waals surface area contributed by atoms with Gasteiger partial charge in [-0.2, -0.15) is 12.6 Å². The standard InChI is InChI=1S/C12H25NOS/c1-10(14)11-4-6-13(7-5-11)8-12(2,3)9-15/h10-11,14-15H,4-9H2,1-3H3. The molecule has 0 amide bonds. The molecule has 0 spiro atoms. The summed E-state index contributed by atoms with van der Waals surface area (Å²) in [5.41, 5.74) is 0.306. The molecule has 1 N–H and O–H groups in total. The third kappa shape index (κ3) is 4.33. The Labute approximate surface area is 99.5 Å². The summed E-state index contributed by atoms with van der Waals surface area (Å²) in [5.74, 6) is 1.45. The minimum Gasteiger partial charge on any atom is -0.393 e. The Bertz CT molecular complexity index is 186. The van der Waals surface area contributed by atoms with Gasteiger partial charge in [0, 0.05) is 6.54 Å². The van der Waals surface area contributed by atoms with Crippen LogP contribution in [0.2, 0.25) is 0 Å². The van der Waals surface area contributed by atoms with Crippen molar-refractivity contribution in [2.24, 2.45) is 11.3 Å². The molecule has 1 heterocycles. The monoisotopic (exact) mass is 231 g/mol. The second kappa shape index (κ2) is 5.55. The highest BCUT2D eigenvalue weighted by molar-refractivity contribution is 7.80. The highest BCUT2D eigenvalue weighted by Gasteiger charge is 2.26. The molecule has 0 bridgehead atoms. The van der Waals surface area contributed by atoms with Crippen LogP contribution in [-0.2, 0) is 0 Å². The molecule has 1 fully saturated rings. The van der Waals surface area contributed by atoms with Gasteiger partial charge in [-0.1, -0.05) is 13.8 Å². The molecule has 0 aromatic rings. The number of piperidine rings is 1. The number of rotatable bonds is 4. The molecule has 1 rings (SSSR count). The Morgan fingerprint density at radius 3 is 2.33 bits per heavy atom. The summed E-state index contributed by atoms with van der Waals surface area (Å²) in [6.45, 7) is 9.84. The van der Waals surface area contributed by atoms with E-state index in [1.54, 1.807) is 0 Å². The number of hydrogen-bond donors (Lipinski definition) is 2. The highest BCUT2D eigenvalue weighted by Crippen LogP contribution is 2.24. The van der Waals surface area contributed by atoms with Crippen molar-refractivity contribution in [2.75, 3.05) is 25.4 Å². The zero-order valence-electron chi connectivity index (χ0n) is 10.2. The van der Waals surface area contributed by atoms with Crippen molar-refractivity contribution in [3.8, 4) is 0 Å². The lowest BCUT2D eigenvalue weighted by molar-refractivity contribution is 0.0610. The molecule has 0 aliphatic carbocycles. The maximum absolute atomic E-state index is 9.51. The smallest absolute Gasteiger partial charge is 0.0541 e. The van der Waals surface area contributed by atoms with E-state index in [4.69, 9.17) is 0 Å². The maximum Gasteiger partial charge on any atom is 0.0541 e. The molecular weight excluding hydrogens is 206 g/mol. The first kappa shape index (κ1) is 13.3. The predicted molar refractivity (Wildman–Crippen MR) is 68.5 cm³/mol. The van der Waals surface area contributed by atoms with Crippen LogP contribution in [-0.4, -0.2) is 41.5 Å². The van der Waals surface area contributed by atoms with Crippen LogP contribution in [0.4, 0.5) is 0 Å². The molecule has 0 aromatic heterocycles. The van der Waals surface area contributed by atoms with Gasteiger partial charge in [0.15, 0.2) is 0 Å².